The van der Waals surface area contributed by atoms with Crippen LogP contribution in [0.25, 0.3) is 0 Å². The minimum atomic E-state index is -1.07. The Morgan fingerprint density at radius 2 is 2.03 bits per heavy atom. The third-order valence-corrected chi connectivity index (χ3v) is 7.95. The molecule has 7 heteroatoms. The molecule has 1 fully saturated rings. The quantitative estimate of drug-likeness (QED) is 0.257. The molecule has 176 valence electrons. The molecule has 32 heavy (non-hydrogen) atoms. The molecule has 4 unspecified atom stereocenters. The Labute approximate surface area is 198 Å². The van der Waals surface area contributed by atoms with Gasteiger partial charge in [-0.2, -0.15) is 0 Å². The Balaban J connectivity index is 1.53. The summed E-state index contributed by atoms with van der Waals surface area (Å²) in [4.78, 5) is 12.1. The second kappa shape index (κ2) is 12.1. The van der Waals surface area contributed by atoms with Gasteiger partial charge < -0.3 is 14.3 Å². The van der Waals surface area contributed by atoms with Gasteiger partial charge in [0.25, 0.3) is 0 Å². The zero-order valence-corrected chi connectivity index (χ0v) is 20.2. The Kier molecular flexibility index (Phi) is 9.50. The van der Waals surface area contributed by atoms with E-state index >= 15 is 0 Å². The van der Waals surface area contributed by atoms with Crippen LogP contribution in [0.2, 0.25) is 0 Å². The molecule has 1 aliphatic carbocycles. The van der Waals surface area contributed by atoms with Crippen LogP contribution in [0.4, 0.5) is 4.39 Å². The second-order valence-electron chi connectivity index (χ2n) is 8.45. The van der Waals surface area contributed by atoms with Crippen molar-refractivity contribution in [2.24, 2.45) is 11.8 Å². The van der Waals surface area contributed by atoms with Gasteiger partial charge in [0.2, 0.25) is 5.76 Å². The predicted molar refractivity (Wildman–Crippen MR) is 127 cm³/mol. The maximum absolute atomic E-state index is 14.7. The molecular formula is C25H32ClFO4S. The number of aryl methyl sites for hydroxylation is 1. The summed E-state index contributed by atoms with van der Waals surface area (Å²) in [6.45, 7) is 2.15. The summed E-state index contributed by atoms with van der Waals surface area (Å²) in [7, 11) is 1.74. The molecule has 2 aromatic rings. The summed E-state index contributed by atoms with van der Waals surface area (Å²) in [5, 5.41) is 8.80. The van der Waals surface area contributed by atoms with Gasteiger partial charge >= 0.3 is 5.97 Å². The van der Waals surface area contributed by atoms with E-state index in [-0.39, 0.29) is 29.1 Å². The van der Waals surface area contributed by atoms with Crippen LogP contribution in [0.5, 0.6) is 0 Å². The van der Waals surface area contributed by atoms with Gasteiger partial charge in [-0.1, -0.05) is 25.5 Å². The number of carbonyl (C=O) groups is 1. The number of carboxylic acid groups (broad SMARTS) is 1. The molecule has 1 aromatic heterocycles. The number of methoxy groups -OCH3 is 1. The Morgan fingerprint density at radius 3 is 2.66 bits per heavy atom. The van der Waals surface area contributed by atoms with E-state index < -0.39 is 12.1 Å². The van der Waals surface area contributed by atoms with E-state index in [0.717, 1.165) is 29.9 Å². The smallest absolute Gasteiger partial charge is 0.371 e. The molecule has 1 heterocycles. The van der Waals surface area contributed by atoms with Crippen LogP contribution in [-0.2, 0) is 11.2 Å². The highest BCUT2D eigenvalue weighted by Gasteiger charge is 2.42. The van der Waals surface area contributed by atoms with E-state index in [1.807, 2.05) is 0 Å². The molecular weight excluding hydrogens is 451 g/mol. The monoisotopic (exact) mass is 482 g/mol. The van der Waals surface area contributed by atoms with Gasteiger partial charge in [0, 0.05) is 29.6 Å². The number of halogens is 2. The van der Waals surface area contributed by atoms with Crippen LogP contribution in [0.3, 0.4) is 0 Å². The maximum atomic E-state index is 14.7. The highest BCUT2D eigenvalue weighted by molar-refractivity contribution is 7.99. The van der Waals surface area contributed by atoms with Gasteiger partial charge in [-0.25, -0.2) is 9.18 Å². The molecule has 0 aliphatic heterocycles. The van der Waals surface area contributed by atoms with Crippen molar-refractivity contribution in [3.8, 4) is 0 Å². The van der Waals surface area contributed by atoms with E-state index in [4.69, 9.17) is 25.9 Å². The molecule has 1 aliphatic rings. The Morgan fingerprint density at radius 1 is 1.28 bits per heavy atom. The van der Waals surface area contributed by atoms with Gasteiger partial charge in [0.1, 0.15) is 11.9 Å². The number of hydrogen-bond donors (Lipinski definition) is 1. The molecule has 0 amide bonds. The first-order valence-electron chi connectivity index (χ1n) is 11.3. The third kappa shape index (κ3) is 6.52. The number of benzene rings is 1. The zero-order chi connectivity index (χ0) is 23.1. The average molecular weight is 483 g/mol. The van der Waals surface area contributed by atoms with E-state index in [0.29, 0.717) is 25.0 Å². The molecule has 0 spiro atoms. The molecule has 1 N–H and O–H groups in total. The average Bonchev–Trinajstić information content (AvgIpc) is 3.36. The molecule has 5 atom stereocenters. The van der Waals surface area contributed by atoms with Crippen LogP contribution in [0.15, 0.2) is 45.7 Å². The minimum absolute atomic E-state index is 0.0585. The van der Waals surface area contributed by atoms with Gasteiger partial charge in [-0.05, 0) is 67.3 Å². The fourth-order valence-corrected chi connectivity index (χ4v) is 6.26. The number of rotatable bonds is 12. The highest BCUT2D eigenvalue weighted by atomic mass is 35.5. The summed E-state index contributed by atoms with van der Waals surface area (Å²) < 4.78 is 25.6. The normalized spacial score (nSPS) is 24.0. The fraction of sp³-hybridized carbons (Fsp3) is 0.560. The van der Waals surface area contributed by atoms with E-state index in [9.17, 15) is 9.18 Å². The first-order valence-corrected chi connectivity index (χ1v) is 12.7. The maximum Gasteiger partial charge on any atom is 0.371 e. The third-order valence-electron chi connectivity index (χ3n) is 6.29. The van der Waals surface area contributed by atoms with Gasteiger partial charge in [0.05, 0.1) is 6.10 Å². The first-order chi connectivity index (χ1) is 15.4. The molecule has 3 rings (SSSR count). The summed E-state index contributed by atoms with van der Waals surface area (Å²) in [5.41, 5.74) is 1.18. The lowest BCUT2D eigenvalue weighted by atomic mass is 9.91. The zero-order valence-electron chi connectivity index (χ0n) is 18.6. The van der Waals surface area contributed by atoms with Gasteiger partial charge in [0.15, 0.2) is 0 Å². The minimum Gasteiger partial charge on any atom is -0.475 e. The SMILES string of the molecule is CCCC(OC)c1ccc(SCC2C(Cl)CC(F)[C@@H]2CCCc2ccc(C(=O)O)o2)cc1. The lowest BCUT2D eigenvalue weighted by Gasteiger charge is -2.22. The predicted octanol–water partition coefficient (Wildman–Crippen LogP) is 7.16. The summed E-state index contributed by atoms with van der Waals surface area (Å²) in [5.74, 6) is 0.299. The van der Waals surface area contributed by atoms with Crippen molar-refractivity contribution in [1.82, 2.24) is 0 Å². The van der Waals surface area contributed by atoms with Crippen molar-refractivity contribution >= 4 is 29.3 Å². The summed E-state index contributed by atoms with van der Waals surface area (Å²) in [6, 6.07) is 11.6. The topological polar surface area (TPSA) is 59.7 Å². The van der Waals surface area contributed by atoms with E-state index in [1.54, 1.807) is 24.9 Å². The van der Waals surface area contributed by atoms with Crippen molar-refractivity contribution in [2.75, 3.05) is 12.9 Å². The number of thioether (sulfide) groups is 1. The molecule has 0 bridgehead atoms. The van der Waals surface area contributed by atoms with Crippen LogP contribution >= 0.6 is 23.4 Å². The van der Waals surface area contributed by atoms with Crippen molar-refractivity contribution in [3.05, 3.63) is 53.5 Å². The lowest BCUT2D eigenvalue weighted by molar-refractivity contribution is 0.0660. The number of carboxylic acids is 1. The summed E-state index contributed by atoms with van der Waals surface area (Å²) in [6.07, 6.45) is 3.74. The summed E-state index contributed by atoms with van der Waals surface area (Å²) >= 11 is 8.26. The molecule has 1 saturated carbocycles. The lowest BCUT2D eigenvalue weighted by Crippen LogP contribution is -2.21. The van der Waals surface area contributed by atoms with E-state index in [1.165, 1.54) is 11.6 Å². The number of furan rings is 1. The number of ether oxygens (including phenoxy) is 1. The number of aromatic carboxylic acids is 1. The standard InChI is InChI=1S/C25H32ClFO4S/c1-3-5-23(30-2)16-8-11-18(12-9-16)32-15-20-19(22(27)14-21(20)26)7-4-6-17-10-13-24(31-17)25(28)29/h8-13,19-23H,3-7,14-15H2,1-2H3,(H,28,29)/t19-,20?,21?,22?,23?/m1/s1. The molecule has 0 saturated heterocycles. The van der Waals surface area contributed by atoms with Crippen LogP contribution < -0.4 is 0 Å². The number of hydrogen-bond acceptors (Lipinski definition) is 4. The number of alkyl halides is 2. The fourth-order valence-electron chi connectivity index (χ4n) is 4.52. The Bertz CT molecular complexity index is 856. The molecule has 0 radical (unpaired) electrons. The van der Waals surface area contributed by atoms with Gasteiger partial charge in [-0.15, -0.1) is 23.4 Å². The van der Waals surface area contributed by atoms with Crippen molar-refractivity contribution < 1.29 is 23.4 Å². The van der Waals surface area contributed by atoms with E-state index in [2.05, 4.69) is 31.2 Å². The van der Waals surface area contributed by atoms with Crippen LogP contribution in [-0.4, -0.2) is 35.5 Å². The van der Waals surface area contributed by atoms with Crippen molar-refractivity contribution in [3.63, 3.8) is 0 Å². The first kappa shape index (κ1) is 25.1. The molecule has 1 aromatic carbocycles. The highest BCUT2D eigenvalue weighted by Crippen LogP contribution is 2.43. The molecule has 4 nitrogen and oxygen atoms in total. The van der Waals surface area contributed by atoms with Crippen molar-refractivity contribution in [2.45, 2.75) is 68.0 Å². The second-order valence-corrected chi connectivity index (χ2v) is 10.1. The van der Waals surface area contributed by atoms with Gasteiger partial charge in [-0.3, -0.25) is 0 Å². The largest absolute Gasteiger partial charge is 0.475 e. The van der Waals surface area contributed by atoms with Crippen LogP contribution in [0, 0.1) is 11.8 Å². The Hall–Kier alpha value is -1.50. The van der Waals surface area contributed by atoms with Crippen molar-refractivity contribution in [1.29, 1.82) is 0 Å². The van der Waals surface area contributed by atoms with Crippen LogP contribution in [0.1, 0.15) is 67.0 Å².